The number of rotatable bonds is 3. The van der Waals surface area contributed by atoms with Gasteiger partial charge in [0.15, 0.2) is 0 Å². The highest BCUT2D eigenvalue weighted by Crippen LogP contribution is 2.19. The lowest BCUT2D eigenvalue weighted by Crippen LogP contribution is -2.18. The van der Waals surface area contributed by atoms with Crippen LogP contribution in [0, 0.1) is 3.57 Å². The maximum atomic E-state index is 4.27. The van der Waals surface area contributed by atoms with Crippen LogP contribution in [0.25, 0.3) is 0 Å². The summed E-state index contributed by atoms with van der Waals surface area (Å²) in [4.78, 5) is 10.4. The molecule has 5 heteroatoms. The summed E-state index contributed by atoms with van der Waals surface area (Å²) in [7, 11) is 2.04. The van der Waals surface area contributed by atoms with Crippen LogP contribution < -0.4 is 4.90 Å². The van der Waals surface area contributed by atoms with E-state index in [4.69, 9.17) is 0 Å². The number of nitrogens with zero attached hydrogens (tertiary/aromatic N) is 3. The van der Waals surface area contributed by atoms with Gasteiger partial charge >= 0.3 is 0 Å². The maximum Gasteiger partial charge on any atom is 0.145 e. The summed E-state index contributed by atoms with van der Waals surface area (Å²) in [6, 6.07) is 2.13. The molecule has 0 bridgehead atoms. The molecule has 0 spiro atoms. The molecule has 3 nitrogen and oxygen atoms in total. The summed E-state index contributed by atoms with van der Waals surface area (Å²) < 4.78 is 1.08. The highest BCUT2D eigenvalue weighted by atomic mass is 127. The predicted molar refractivity (Wildman–Crippen MR) is 71.2 cm³/mol. The minimum Gasteiger partial charge on any atom is -0.354 e. The molecule has 0 saturated heterocycles. The van der Waals surface area contributed by atoms with Crippen LogP contribution in [0.2, 0.25) is 0 Å². The van der Waals surface area contributed by atoms with Gasteiger partial charge in [0.25, 0.3) is 0 Å². The van der Waals surface area contributed by atoms with E-state index >= 15 is 0 Å². The monoisotopic (exact) mass is 331 g/mol. The van der Waals surface area contributed by atoms with E-state index in [1.54, 1.807) is 17.7 Å². The Labute approximate surface area is 106 Å². The van der Waals surface area contributed by atoms with E-state index in [1.807, 2.05) is 13.2 Å². The Morgan fingerprint density at radius 3 is 3.07 bits per heavy atom. The van der Waals surface area contributed by atoms with Gasteiger partial charge in [0.2, 0.25) is 0 Å². The summed E-state index contributed by atoms with van der Waals surface area (Å²) in [5.74, 6) is 0.983. The lowest BCUT2D eigenvalue weighted by atomic mass is 10.3. The van der Waals surface area contributed by atoms with Crippen LogP contribution in [0.1, 0.15) is 5.56 Å². The number of hydrogen-bond donors (Lipinski definition) is 0. The fourth-order valence-corrected chi connectivity index (χ4v) is 2.69. The second-order valence-electron chi connectivity index (χ2n) is 3.18. The number of hydrogen-bond acceptors (Lipinski definition) is 4. The maximum absolute atomic E-state index is 4.27. The lowest BCUT2D eigenvalue weighted by molar-refractivity contribution is 0.889. The van der Waals surface area contributed by atoms with Gasteiger partial charge in [-0.1, -0.05) is 0 Å². The first kappa shape index (κ1) is 10.8. The second-order valence-corrected chi connectivity index (χ2v) is 5.12. The molecule has 2 heterocycles. The first-order valence-corrected chi connectivity index (χ1v) is 6.47. The van der Waals surface area contributed by atoms with E-state index in [2.05, 4.69) is 54.3 Å². The minimum atomic E-state index is 0.885. The summed E-state index contributed by atoms with van der Waals surface area (Å²) in [6.07, 6.45) is 3.41. The first-order valence-electron chi connectivity index (χ1n) is 4.45. The molecule has 0 aliphatic heterocycles. The quantitative estimate of drug-likeness (QED) is 0.810. The largest absolute Gasteiger partial charge is 0.354 e. The minimum absolute atomic E-state index is 0.885. The van der Waals surface area contributed by atoms with Crippen LogP contribution in [0.3, 0.4) is 0 Å². The van der Waals surface area contributed by atoms with Crippen LogP contribution in [-0.2, 0) is 6.54 Å². The van der Waals surface area contributed by atoms with Crippen molar-refractivity contribution in [1.82, 2.24) is 9.97 Å². The van der Waals surface area contributed by atoms with Crippen molar-refractivity contribution in [2.24, 2.45) is 0 Å². The Morgan fingerprint density at radius 2 is 2.40 bits per heavy atom. The topological polar surface area (TPSA) is 29.0 Å². The third-order valence-corrected chi connectivity index (χ3v) is 3.50. The molecule has 0 aliphatic carbocycles. The average molecular weight is 331 g/mol. The number of aromatic nitrogens is 2. The van der Waals surface area contributed by atoms with E-state index in [0.717, 1.165) is 15.9 Å². The van der Waals surface area contributed by atoms with E-state index in [0.29, 0.717) is 0 Å². The Kier molecular flexibility index (Phi) is 3.53. The molecule has 0 saturated carbocycles. The van der Waals surface area contributed by atoms with Gasteiger partial charge in [-0.15, -0.1) is 0 Å². The van der Waals surface area contributed by atoms with E-state index in [9.17, 15) is 0 Å². The van der Waals surface area contributed by atoms with Gasteiger partial charge in [0.05, 0.1) is 3.57 Å². The zero-order chi connectivity index (χ0) is 10.7. The SMILES string of the molecule is CN(Cc1ccsc1)c1ncncc1I. The van der Waals surface area contributed by atoms with Gasteiger partial charge in [0.1, 0.15) is 12.1 Å². The standard InChI is InChI=1S/C10H10IN3S/c1-14(5-8-2-3-15-6-8)10-9(11)4-12-7-13-10/h2-4,6-7H,5H2,1H3. The molecule has 2 aromatic rings. The fourth-order valence-electron chi connectivity index (χ4n) is 1.32. The molecule has 78 valence electrons. The van der Waals surface area contributed by atoms with Gasteiger partial charge in [-0.2, -0.15) is 11.3 Å². The molecule has 0 N–H and O–H groups in total. The average Bonchev–Trinajstić information content (AvgIpc) is 2.71. The van der Waals surface area contributed by atoms with Crippen molar-refractivity contribution in [3.05, 3.63) is 38.5 Å². The molecule has 0 radical (unpaired) electrons. The molecular formula is C10H10IN3S. The molecule has 15 heavy (non-hydrogen) atoms. The lowest BCUT2D eigenvalue weighted by Gasteiger charge is -2.18. The first-order chi connectivity index (χ1) is 7.27. The van der Waals surface area contributed by atoms with Crippen molar-refractivity contribution < 1.29 is 0 Å². The van der Waals surface area contributed by atoms with Gasteiger partial charge in [0, 0.05) is 19.8 Å². The highest BCUT2D eigenvalue weighted by molar-refractivity contribution is 14.1. The fraction of sp³-hybridized carbons (Fsp3) is 0.200. The van der Waals surface area contributed by atoms with Crippen LogP contribution in [0.5, 0.6) is 0 Å². The summed E-state index contributed by atoms with van der Waals surface area (Å²) >= 11 is 3.97. The Bertz CT molecular complexity index is 430. The van der Waals surface area contributed by atoms with Gasteiger partial charge in [-0.25, -0.2) is 9.97 Å². The third kappa shape index (κ3) is 2.66. The number of halogens is 1. The van der Waals surface area contributed by atoms with E-state index in [1.165, 1.54) is 5.56 Å². The summed E-state index contributed by atoms with van der Waals surface area (Å²) in [5, 5.41) is 4.25. The Morgan fingerprint density at radius 1 is 1.53 bits per heavy atom. The van der Waals surface area contributed by atoms with Crippen molar-refractivity contribution in [2.75, 3.05) is 11.9 Å². The third-order valence-electron chi connectivity index (χ3n) is 2.01. The smallest absolute Gasteiger partial charge is 0.145 e. The molecule has 2 rings (SSSR count). The molecular weight excluding hydrogens is 321 g/mol. The van der Waals surface area contributed by atoms with E-state index < -0.39 is 0 Å². The van der Waals surface area contributed by atoms with Crippen molar-refractivity contribution in [2.45, 2.75) is 6.54 Å². The Hall–Kier alpha value is -0.690. The van der Waals surface area contributed by atoms with Crippen LogP contribution in [0.4, 0.5) is 5.82 Å². The molecule has 0 aromatic carbocycles. The Balaban J connectivity index is 2.15. The van der Waals surface area contributed by atoms with Crippen molar-refractivity contribution in [3.8, 4) is 0 Å². The molecule has 0 amide bonds. The molecule has 0 aliphatic rings. The number of anilines is 1. The number of thiophene rings is 1. The molecule has 0 atom stereocenters. The van der Waals surface area contributed by atoms with Crippen molar-refractivity contribution in [1.29, 1.82) is 0 Å². The zero-order valence-electron chi connectivity index (χ0n) is 8.22. The van der Waals surface area contributed by atoms with Crippen LogP contribution in [0.15, 0.2) is 29.4 Å². The van der Waals surface area contributed by atoms with Crippen LogP contribution in [-0.4, -0.2) is 17.0 Å². The van der Waals surface area contributed by atoms with Crippen molar-refractivity contribution >= 4 is 39.7 Å². The summed E-state index contributed by atoms with van der Waals surface area (Å²) in [6.45, 7) is 0.885. The zero-order valence-corrected chi connectivity index (χ0v) is 11.2. The molecule has 0 unspecified atom stereocenters. The van der Waals surface area contributed by atoms with Crippen LogP contribution >= 0.6 is 33.9 Å². The normalized spacial score (nSPS) is 10.3. The predicted octanol–water partition coefficient (Wildman–Crippen LogP) is 2.78. The van der Waals surface area contributed by atoms with Gasteiger partial charge < -0.3 is 4.90 Å². The van der Waals surface area contributed by atoms with Crippen molar-refractivity contribution in [3.63, 3.8) is 0 Å². The second kappa shape index (κ2) is 4.89. The van der Waals surface area contributed by atoms with E-state index in [-0.39, 0.29) is 0 Å². The van der Waals surface area contributed by atoms with Gasteiger partial charge in [-0.3, -0.25) is 0 Å². The molecule has 0 fully saturated rings. The molecule has 2 aromatic heterocycles. The highest BCUT2D eigenvalue weighted by Gasteiger charge is 2.07. The van der Waals surface area contributed by atoms with Gasteiger partial charge in [-0.05, 0) is 45.0 Å². The summed E-state index contributed by atoms with van der Waals surface area (Å²) in [5.41, 5.74) is 1.32.